The molecule has 3 atom stereocenters. The van der Waals surface area contributed by atoms with Crippen LogP contribution in [0, 0.1) is 23.0 Å². The van der Waals surface area contributed by atoms with Crippen molar-refractivity contribution in [3.8, 4) is 0 Å². The van der Waals surface area contributed by atoms with E-state index in [1.165, 1.54) is 34.6 Å². The SMILES string of the molecule is CC(C)CN(CC(O)C(Cc1ccccc1)NC(=O)C(NC(=O)CNCc1c(F)cccc1F)C(C)(C)C)S(=O)(=O)c1ccc(N)cc1. The van der Waals surface area contributed by atoms with Crippen LogP contribution in [0.25, 0.3) is 0 Å². The third-order valence-corrected chi connectivity index (χ3v) is 9.50. The number of nitrogens with one attached hydrogen (secondary N) is 3. The van der Waals surface area contributed by atoms with Crippen molar-refractivity contribution >= 4 is 27.5 Å². The van der Waals surface area contributed by atoms with Crippen LogP contribution < -0.4 is 21.7 Å². The summed E-state index contributed by atoms with van der Waals surface area (Å²) in [4.78, 5) is 26.8. The van der Waals surface area contributed by atoms with Crippen molar-refractivity contribution < 1.29 is 31.9 Å². The van der Waals surface area contributed by atoms with Crippen LogP contribution in [-0.2, 0) is 32.6 Å². The number of amides is 2. The fraction of sp³-hybridized carbons (Fsp3) is 0.429. The second-order valence-corrected chi connectivity index (χ2v) is 15.3. The van der Waals surface area contributed by atoms with Crippen molar-refractivity contribution in [3.63, 3.8) is 0 Å². The van der Waals surface area contributed by atoms with Crippen molar-refractivity contribution in [3.05, 3.63) is 95.6 Å². The number of carbonyl (C=O) groups excluding carboxylic acids is 2. The van der Waals surface area contributed by atoms with E-state index in [1.54, 1.807) is 20.8 Å². The van der Waals surface area contributed by atoms with Crippen LogP contribution in [0.5, 0.6) is 0 Å². The van der Waals surface area contributed by atoms with Gasteiger partial charge >= 0.3 is 0 Å². The molecule has 262 valence electrons. The van der Waals surface area contributed by atoms with Gasteiger partial charge in [0, 0.05) is 30.9 Å². The Balaban J connectivity index is 1.81. The lowest BCUT2D eigenvalue weighted by molar-refractivity contribution is -0.132. The van der Waals surface area contributed by atoms with Crippen LogP contribution in [0.1, 0.15) is 45.7 Å². The zero-order valence-electron chi connectivity index (χ0n) is 28.0. The lowest BCUT2D eigenvalue weighted by atomic mass is 9.85. The number of hydrogen-bond acceptors (Lipinski definition) is 7. The molecule has 3 aromatic carbocycles. The first-order chi connectivity index (χ1) is 22.5. The highest BCUT2D eigenvalue weighted by atomic mass is 32.2. The van der Waals surface area contributed by atoms with Crippen LogP contribution >= 0.6 is 0 Å². The second-order valence-electron chi connectivity index (χ2n) is 13.3. The third kappa shape index (κ3) is 11.1. The molecule has 0 bridgehead atoms. The molecule has 0 aliphatic rings. The summed E-state index contributed by atoms with van der Waals surface area (Å²) in [5, 5.41) is 19.9. The van der Waals surface area contributed by atoms with Gasteiger partial charge in [0.25, 0.3) is 0 Å². The summed E-state index contributed by atoms with van der Waals surface area (Å²) in [7, 11) is -4.04. The van der Waals surface area contributed by atoms with Gasteiger partial charge in [0.05, 0.1) is 23.6 Å². The van der Waals surface area contributed by atoms with Gasteiger partial charge in [-0.15, -0.1) is 0 Å². The zero-order valence-corrected chi connectivity index (χ0v) is 28.9. The number of sulfonamides is 1. The predicted octanol–water partition coefficient (Wildman–Crippen LogP) is 3.60. The molecule has 6 N–H and O–H groups in total. The van der Waals surface area contributed by atoms with E-state index < -0.39 is 57.1 Å². The normalized spacial score (nSPS) is 14.0. The minimum Gasteiger partial charge on any atom is -0.399 e. The van der Waals surface area contributed by atoms with Gasteiger partial charge in [-0.25, -0.2) is 17.2 Å². The highest BCUT2D eigenvalue weighted by molar-refractivity contribution is 7.89. The van der Waals surface area contributed by atoms with Crippen LogP contribution in [0.2, 0.25) is 0 Å². The maximum atomic E-state index is 14.0. The van der Waals surface area contributed by atoms with Crippen molar-refractivity contribution in [2.75, 3.05) is 25.4 Å². The fourth-order valence-electron chi connectivity index (χ4n) is 5.11. The molecule has 3 rings (SSSR count). The number of nitrogen functional groups attached to an aromatic ring is 1. The summed E-state index contributed by atoms with van der Waals surface area (Å²) in [5.41, 5.74) is 5.96. The largest absolute Gasteiger partial charge is 0.399 e. The van der Waals surface area contributed by atoms with Gasteiger partial charge in [-0.1, -0.05) is 71.0 Å². The Hall–Kier alpha value is -3.91. The first-order valence-electron chi connectivity index (χ1n) is 15.8. The number of nitrogens with two attached hydrogens (primary N) is 1. The van der Waals surface area contributed by atoms with Gasteiger partial charge in [-0.3, -0.25) is 9.59 Å². The van der Waals surface area contributed by atoms with Crippen LogP contribution in [-0.4, -0.2) is 67.5 Å². The first kappa shape index (κ1) is 38.5. The van der Waals surface area contributed by atoms with Crippen molar-refractivity contribution in [1.29, 1.82) is 0 Å². The van der Waals surface area contributed by atoms with E-state index in [0.717, 1.165) is 17.7 Å². The van der Waals surface area contributed by atoms with E-state index in [-0.39, 0.29) is 49.0 Å². The smallest absolute Gasteiger partial charge is 0.243 e. The average Bonchev–Trinajstić information content (AvgIpc) is 3.00. The standard InChI is InChI=1S/C35H47F2N5O5S/c1-23(2)21-42(48(46,47)26-16-14-25(38)15-17-26)22-31(43)30(18-24-10-7-6-8-11-24)40-34(45)33(35(3,4)5)41-32(44)20-39-19-27-28(36)12-9-13-29(27)37/h6-17,23,30-31,33,39,43H,18-22,38H2,1-5H3,(H,40,45)(H,41,44). The summed E-state index contributed by atoms with van der Waals surface area (Å²) in [6.07, 6.45) is -1.17. The van der Waals surface area contributed by atoms with E-state index in [0.29, 0.717) is 5.69 Å². The molecule has 0 heterocycles. The molecule has 0 saturated carbocycles. The topological polar surface area (TPSA) is 154 Å². The summed E-state index contributed by atoms with van der Waals surface area (Å²) in [6.45, 7) is 8.22. The summed E-state index contributed by atoms with van der Waals surface area (Å²) < 4.78 is 56.6. The number of aliphatic hydroxyl groups is 1. The van der Waals surface area contributed by atoms with E-state index >= 15 is 0 Å². The molecule has 0 aliphatic heterocycles. The van der Waals surface area contributed by atoms with Crippen molar-refractivity contribution in [2.45, 2.75) is 70.7 Å². The van der Waals surface area contributed by atoms with Gasteiger partial charge in [0.2, 0.25) is 21.8 Å². The Bertz CT molecular complexity index is 1600. The molecule has 0 saturated heterocycles. The number of carbonyl (C=O) groups is 2. The fourth-order valence-corrected chi connectivity index (χ4v) is 6.73. The van der Waals surface area contributed by atoms with Gasteiger partial charge in [0.1, 0.15) is 17.7 Å². The number of rotatable bonds is 16. The molecule has 0 fully saturated rings. The number of halogens is 2. The monoisotopic (exact) mass is 687 g/mol. The van der Waals surface area contributed by atoms with Crippen molar-refractivity contribution in [1.82, 2.24) is 20.3 Å². The molecule has 0 aliphatic carbocycles. The first-order valence-corrected chi connectivity index (χ1v) is 17.2. The quantitative estimate of drug-likeness (QED) is 0.144. The second kappa shape index (κ2) is 17.0. The highest BCUT2D eigenvalue weighted by Crippen LogP contribution is 2.22. The average molecular weight is 688 g/mol. The number of nitrogens with zero attached hydrogens (tertiary/aromatic N) is 1. The molecule has 0 radical (unpaired) electrons. The summed E-state index contributed by atoms with van der Waals surface area (Å²) in [6, 6.07) is 16.4. The van der Waals surface area contributed by atoms with Crippen LogP contribution in [0.3, 0.4) is 0 Å². The van der Waals surface area contributed by atoms with Gasteiger partial charge in [-0.05, 0) is 59.7 Å². The third-order valence-electron chi connectivity index (χ3n) is 7.65. The summed E-state index contributed by atoms with van der Waals surface area (Å²) in [5.74, 6) is -2.74. The minimum atomic E-state index is -4.04. The molecular formula is C35H47F2N5O5S. The number of benzene rings is 3. The summed E-state index contributed by atoms with van der Waals surface area (Å²) >= 11 is 0. The number of aliphatic hydroxyl groups excluding tert-OH is 1. The maximum Gasteiger partial charge on any atom is 0.243 e. The Kier molecular flexibility index (Phi) is 13.6. The van der Waals surface area contributed by atoms with Crippen molar-refractivity contribution in [2.24, 2.45) is 11.3 Å². The molecule has 2 amide bonds. The molecule has 0 spiro atoms. The van der Waals surface area contributed by atoms with Crippen LogP contribution in [0.15, 0.2) is 77.7 Å². The Morgan fingerprint density at radius 2 is 1.50 bits per heavy atom. The van der Waals surface area contributed by atoms with E-state index in [2.05, 4.69) is 16.0 Å². The number of hydrogen-bond donors (Lipinski definition) is 5. The molecule has 0 aromatic heterocycles. The molecule has 3 unspecified atom stereocenters. The predicted molar refractivity (Wildman–Crippen MR) is 182 cm³/mol. The Labute approximate surface area is 282 Å². The van der Waals surface area contributed by atoms with Gasteiger partial charge in [-0.2, -0.15) is 4.31 Å². The Morgan fingerprint density at radius 1 is 0.896 bits per heavy atom. The minimum absolute atomic E-state index is 0.0232. The zero-order chi connectivity index (χ0) is 35.6. The molecular weight excluding hydrogens is 640 g/mol. The van der Waals surface area contributed by atoms with E-state index in [1.807, 2.05) is 44.2 Å². The van der Waals surface area contributed by atoms with Gasteiger partial charge < -0.3 is 26.8 Å². The van der Waals surface area contributed by atoms with Gasteiger partial charge in [0.15, 0.2) is 0 Å². The lowest BCUT2D eigenvalue weighted by Gasteiger charge is -2.34. The number of anilines is 1. The highest BCUT2D eigenvalue weighted by Gasteiger charge is 2.36. The van der Waals surface area contributed by atoms with E-state index in [9.17, 15) is 31.9 Å². The molecule has 13 heteroatoms. The molecule has 10 nitrogen and oxygen atoms in total. The van der Waals surface area contributed by atoms with E-state index in [4.69, 9.17) is 5.73 Å². The van der Waals surface area contributed by atoms with Crippen LogP contribution in [0.4, 0.5) is 14.5 Å². The molecule has 3 aromatic rings. The Morgan fingerprint density at radius 3 is 2.06 bits per heavy atom. The lowest BCUT2D eigenvalue weighted by Crippen LogP contribution is -2.59. The molecule has 48 heavy (non-hydrogen) atoms. The maximum absolute atomic E-state index is 14.0.